The van der Waals surface area contributed by atoms with E-state index in [-0.39, 0.29) is 0 Å². The Labute approximate surface area is 279 Å². The Morgan fingerprint density at radius 3 is 1.07 bits per heavy atom. The number of unbranched alkanes of at least 4 members (excludes halogenated alkanes) is 24. The van der Waals surface area contributed by atoms with Gasteiger partial charge in [-0.05, 0) is 91.3 Å². The van der Waals surface area contributed by atoms with Crippen LogP contribution in [0.2, 0.25) is 0 Å². The van der Waals surface area contributed by atoms with Crippen LogP contribution >= 0.6 is 0 Å². The molecular weight excluding hydrogens is 534 g/mol. The lowest BCUT2D eigenvalue weighted by atomic mass is 10.0. The van der Waals surface area contributed by atoms with E-state index in [9.17, 15) is 0 Å². The third kappa shape index (κ3) is 37.6. The average Bonchev–Trinajstić information content (AvgIpc) is 3.02. The molecule has 0 fully saturated rings. The van der Waals surface area contributed by atoms with Crippen molar-refractivity contribution in [2.45, 2.75) is 219 Å². The summed E-state index contributed by atoms with van der Waals surface area (Å²) in [7, 11) is 4.33. The van der Waals surface area contributed by atoms with E-state index in [0.717, 1.165) is 19.6 Å². The number of hydrogen-bond donors (Lipinski definition) is 0. The van der Waals surface area contributed by atoms with Crippen LogP contribution in [0.1, 0.15) is 213 Å². The lowest BCUT2D eigenvalue weighted by Gasteiger charge is -2.19. The maximum absolute atomic E-state index is 6.40. The fourth-order valence-electron chi connectivity index (χ4n) is 6.18. The van der Waals surface area contributed by atoms with Gasteiger partial charge in [-0.25, -0.2) is 0 Å². The monoisotopic (exact) mass is 618 g/mol. The average molecular weight is 618 g/mol. The van der Waals surface area contributed by atoms with E-state index in [4.69, 9.17) is 4.74 Å². The topological polar surface area (TPSA) is 12.5 Å². The summed E-state index contributed by atoms with van der Waals surface area (Å²) in [6.07, 6.45) is 52.7. The second-order valence-electron chi connectivity index (χ2n) is 14.1. The molecule has 0 N–H and O–H groups in total. The van der Waals surface area contributed by atoms with Crippen LogP contribution in [-0.2, 0) is 4.74 Å². The fourth-order valence-corrected chi connectivity index (χ4v) is 6.18. The molecule has 0 aromatic heterocycles. The summed E-state index contributed by atoms with van der Waals surface area (Å²) in [6.45, 7) is 6.66. The van der Waals surface area contributed by atoms with Crippen LogP contribution in [0.4, 0.5) is 0 Å². The predicted molar refractivity (Wildman–Crippen MR) is 201 cm³/mol. The van der Waals surface area contributed by atoms with Crippen molar-refractivity contribution in [2.75, 3.05) is 27.2 Å². The maximum Gasteiger partial charge on any atom is 0.0575 e. The molecule has 0 rings (SSSR count). The maximum atomic E-state index is 6.40. The van der Waals surface area contributed by atoms with Crippen molar-refractivity contribution in [3.63, 3.8) is 0 Å². The SMILES string of the molecule is CCCCCCCC/C=C\CCCCCCCCC(CCCCCCCC/C=C\CCCCCCCC)OCCCN(C)C. The third-order valence-electron chi connectivity index (χ3n) is 9.18. The normalized spacial score (nSPS) is 12.2. The molecular formula is C42H83NO. The fraction of sp³-hybridized carbons (Fsp3) is 0.905. The second kappa shape index (κ2) is 38.6. The second-order valence-corrected chi connectivity index (χ2v) is 14.1. The van der Waals surface area contributed by atoms with Crippen molar-refractivity contribution >= 4 is 0 Å². The molecule has 0 spiro atoms. The Kier molecular flexibility index (Phi) is 38.1. The molecule has 2 heteroatoms. The number of hydrogen-bond acceptors (Lipinski definition) is 2. The summed E-state index contributed by atoms with van der Waals surface area (Å²) < 4.78 is 6.40. The van der Waals surface area contributed by atoms with Crippen molar-refractivity contribution in [1.82, 2.24) is 4.90 Å². The number of rotatable bonds is 37. The van der Waals surface area contributed by atoms with Gasteiger partial charge in [-0.3, -0.25) is 0 Å². The Morgan fingerprint density at radius 2 is 0.727 bits per heavy atom. The zero-order valence-corrected chi connectivity index (χ0v) is 31.1. The molecule has 0 aliphatic rings. The van der Waals surface area contributed by atoms with Crippen LogP contribution in [0.5, 0.6) is 0 Å². The van der Waals surface area contributed by atoms with Gasteiger partial charge in [0.25, 0.3) is 0 Å². The molecule has 0 bridgehead atoms. The highest BCUT2D eigenvalue weighted by Gasteiger charge is 2.09. The smallest absolute Gasteiger partial charge is 0.0575 e. The van der Waals surface area contributed by atoms with E-state index in [1.807, 2.05) is 0 Å². The molecule has 0 saturated carbocycles. The lowest BCUT2D eigenvalue weighted by molar-refractivity contribution is 0.0342. The standard InChI is InChI=1S/C42H83NO/c1-5-7-9-11-13-15-17-19-21-23-25-27-29-31-33-35-38-42(44-41-37-40-43(3)4)39-36-34-32-30-28-26-24-22-20-18-16-14-12-10-8-6-2/h19-22,42H,5-18,23-41H2,1-4H3/b21-19-,22-20-. The van der Waals surface area contributed by atoms with Crippen molar-refractivity contribution < 1.29 is 4.74 Å². The number of allylic oxidation sites excluding steroid dienone is 4. The minimum absolute atomic E-state index is 0.491. The largest absolute Gasteiger partial charge is 0.378 e. The first kappa shape index (κ1) is 43.4. The zero-order chi connectivity index (χ0) is 32.0. The van der Waals surface area contributed by atoms with Crippen LogP contribution in [0.15, 0.2) is 24.3 Å². The molecule has 0 heterocycles. The van der Waals surface area contributed by atoms with Gasteiger partial charge in [0, 0.05) is 6.61 Å². The third-order valence-corrected chi connectivity index (χ3v) is 9.18. The Bertz CT molecular complexity index is 526. The molecule has 0 saturated heterocycles. The minimum Gasteiger partial charge on any atom is -0.378 e. The van der Waals surface area contributed by atoms with Gasteiger partial charge in [0.1, 0.15) is 0 Å². The van der Waals surface area contributed by atoms with E-state index in [1.54, 1.807) is 0 Å². The van der Waals surface area contributed by atoms with Gasteiger partial charge >= 0.3 is 0 Å². The van der Waals surface area contributed by atoms with Gasteiger partial charge in [0.15, 0.2) is 0 Å². The Balaban J connectivity index is 3.77. The van der Waals surface area contributed by atoms with E-state index < -0.39 is 0 Å². The lowest BCUT2D eigenvalue weighted by Crippen LogP contribution is -2.18. The van der Waals surface area contributed by atoms with Crippen LogP contribution in [0.25, 0.3) is 0 Å². The Morgan fingerprint density at radius 1 is 0.409 bits per heavy atom. The summed E-state index contributed by atoms with van der Waals surface area (Å²) in [5, 5.41) is 0. The van der Waals surface area contributed by atoms with E-state index in [2.05, 4.69) is 57.1 Å². The van der Waals surface area contributed by atoms with Crippen molar-refractivity contribution in [1.29, 1.82) is 0 Å². The summed E-state index contributed by atoms with van der Waals surface area (Å²) in [4.78, 5) is 2.27. The first-order valence-corrected chi connectivity index (χ1v) is 20.3. The minimum atomic E-state index is 0.491. The Hall–Kier alpha value is -0.600. The molecule has 0 aliphatic carbocycles. The van der Waals surface area contributed by atoms with Crippen molar-refractivity contribution in [2.24, 2.45) is 0 Å². The van der Waals surface area contributed by atoms with Crippen LogP contribution in [0, 0.1) is 0 Å². The van der Waals surface area contributed by atoms with Crippen LogP contribution in [-0.4, -0.2) is 38.3 Å². The van der Waals surface area contributed by atoms with Gasteiger partial charge in [0.2, 0.25) is 0 Å². The molecule has 0 aliphatic heterocycles. The van der Waals surface area contributed by atoms with Gasteiger partial charge < -0.3 is 9.64 Å². The predicted octanol–water partition coefficient (Wildman–Crippen LogP) is 14.2. The van der Waals surface area contributed by atoms with E-state index in [0.29, 0.717) is 6.10 Å². The first-order chi connectivity index (χ1) is 21.7. The molecule has 2 nitrogen and oxygen atoms in total. The summed E-state index contributed by atoms with van der Waals surface area (Å²) in [5.41, 5.74) is 0. The molecule has 0 aromatic carbocycles. The van der Waals surface area contributed by atoms with Crippen LogP contribution < -0.4 is 0 Å². The molecule has 0 atom stereocenters. The highest BCUT2D eigenvalue weighted by atomic mass is 16.5. The molecule has 262 valence electrons. The number of ether oxygens (including phenoxy) is 1. The quantitative estimate of drug-likeness (QED) is 0.0508. The van der Waals surface area contributed by atoms with Gasteiger partial charge in [-0.1, -0.05) is 167 Å². The summed E-state index contributed by atoms with van der Waals surface area (Å²) >= 11 is 0. The van der Waals surface area contributed by atoms with Gasteiger partial charge in [-0.15, -0.1) is 0 Å². The summed E-state index contributed by atoms with van der Waals surface area (Å²) in [5.74, 6) is 0. The zero-order valence-electron chi connectivity index (χ0n) is 31.1. The van der Waals surface area contributed by atoms with Crippen molar-refractivity contribution in [3.05, 3.63) is 24.3 Å². The highest BCUT2D eigenvalue weighted by molar-refractivity contribution is 4.82. The molecule has 0 unspecified atom stereocenters. The van der Waals surface area contributed by atoms with Crippen molar-refractivity contribution in [3.8, 4) is 0 Å². The molecule has 0 aromatic rings. The van der Waals surface area contributed by atoms with Gasteiger partial charge in [0.05, 0.1) is 6.10 Å². The van der Waals surface area contributed by atoms with Gasteiger partial charge in [-0.2, -0.15) is 0 Å². The number of nitrogens with zero attached hydrogens (tertiary/aromatic N) is 1. The molecule has 44 heavy (non-hydrogen) atoms. The molecule has 0 amide bonds. The summed E-state index contributed by atoms with van der Waals surface area (Å²) in [6, 6.07) is 0. The molecule has 0 radical (unpaired) electrons. The van der Waals surface area contributed by atoms with Crippen LogP contribution in [0.3, 0.4) is 0 Å². The van der Waals surface area contributed by atoms with E-state index >= 15 is 0 Å². The first-order valence-electron chi connectivity index (χ1n) is 20.3. The highest BCUT2D eigenvalue weighted by Crippen LogP contribution is 2.18. The van der Waals surface area contributed by atoms with E-state index in [1.165, 1.54) is 193 Å².